The van der Waals surface area contributed by atoms with Crippen LogP contribution in [0, 0.1) is 0 Å². The van der Waals surface area contributed by atoms with Crippen molar-refractivity contribution in [2.75, 3.05) is 16.8 Å². The Morgan fingerprint density at radius 2 is 1.64 bits per heavy atom. The first-order chi connectivity index (χ1) is 17.4. The lowest BCUT2D eigenvalue weighted by atomic mass is 10.0. The van der Waals surface area contributed by atoms with Crippen molar-refractivity contribution in [1.82, 2.24) is 15.3 Å². The molecule has 36 heavy (non-hydrogen) atoms. The van der Waals surface area contributed by atoms with E-state index in [2.05, 4.69) is 20.6 Å². The summed E-state index contributed by atoms with van der Waals surface area (Å²) in [4.78, 5) is 20.9. The number of rotatable bonds is 8. The zero-order chi connectivity index (χ0) is 25.5. The summed E-state index contributed by atoms with van der Waals surface area (Å²) in [6, 6.07) is 23.9. The number of halogens is 1. The highest BCUT2D eigenvalue weighted by Gasteiger charge is 2.15. The van der Waals surface area contributed by atoms with Gasteiger partial charge in [0, 0.05) is 16.3 Å². The Balaban J connectivity index is 1.43. The number of ether oxygens (including phenoxy) is 1. The molecule has 0 bridgehead atoms. The van der Waals surface area contributed by atoms with Crippen molar-refractivity contribution in [2.24, 2.45) is 0 Å². The molecule has 0 aliphatic carbocycles. The Bertz CT molecular complexity index is 1310. The van der Waals surface area contributed by atoms with Crippen LogP contribution in [-0.2, 0) is 18.0 Å². The van der Waals surface area contributed by atoms with Gasteiger partial charge in [-0.25, -0.2) is 9.78 Å². The Morgan fingerprint density at radius 1 is 0.944 bits per heavy atom. The lowest BCUT2D eigenvalue weighted by Gasteiger charge is -2.16. The molecule has 0 spiro atoms. The van der Waals surface area contributed by atoms with E-state index in [1.54, 1.807) is 24.3 Å². The molecule has 1 atom stereocenters. The predicted octanol–water partition coefficient (Wildman–Crippen LogP) is 5.56. The Morgan fingerprint density at radius 3 is 2.33 bits per heavy atom. The highest BCUT2D eigenvalue weighted by atomic mass is 35.5. The molecule has 184 valence electrons. The Kier molecular flexibility index (Phi) is 7.99. The van der Waals surface area contributed by atoms with Crippen LogP contribution < -0.4 is 22.1 Å². The quantitative estimate of drug-likeness (QED) is 0.249. The van der Waals surface area contributed by atoms with Crippen molar-refractivity contribution in [2.45, 2.75) is 26.2 Å². The SMILES string of the molecule is CC(NC(=O)Nc1ccc(-c2c(N)nc(N)nc2COCc2ccccc2)cc1)c1ccc(Cl)cc1. The number of nitrogens with one attached hydrogen (secondary N) is 2. The fourth-order valence-electron chi connectivity index (χ4n) is 3.72. The van der Waals surface area contributed by atoms with E-state index in [4.69, 9.17) is 27.8 Å². The third-order valence-electron chi connectivity index (χ3n) is 5.53. The van der Waals surface area contributed by atoms with Gasteiger partial charge in [-0.15, -0.1) is 0 Å². The summed E-state index contributed by atoms with van der Waals surface area (Å²) in [6.07, 6.45) is 0. The maximum Gasteiger partial charge on any atom is 0.319 e. The van der Waals surface area contributed by atoms with Crippen molar-refractivity contribution >= 4 is 35.1 Å². The smallest absolute Gasteiger partial charge is 0.319 e. The monoisotopic (exact) mass is 502 g/mol. The maximum atomic E-state index is 12.5. The molecule has 2 amide bonds. The van der Waals surface area contributed by atoms with E-state index in [-0.39, 0.29) is 30.4 Å². The Hall–Kier alpha value is -4.14. The van der Waals surface area contributed by atoms with Crippen LogP contribution in [0.2, 0.25) is 5.02 Å². The maximum absolute atomic E-state index is 12.5. The summed E-state index contributed by atoms with van der Waals surface area (Å²) >= 11 is 5.94. The third-order valence-corrected chi connectivity index (χ3v) is 5.78. The van der Waals surface area contributed by atoms with Crippen LogP contribution in [0.3, 0.4) is 0 Å². The first-order valence-corrected chi connectivity index (χ1v) is 11.7. The van der Waals surface area contributed by atoms with Gasteiger partial charge < -0.3 is 26.8 Å². The number of nitrogens with two attached hydrogens (primary N) is 2. The number of nitrogen functional groups attached to an aromatic ring is 2. The van der Waals surface area contributed by atoms with Crippen molar-refractivity contribution in [1.29, 1.82) is 0 Å². The van der Waals surface area contributed by atoms with E-state index < -0.39 is 0 Å². The molecule has 0 aliphatic rings. The van der Waals surface area contributed by atoms with E-state index in [1.807, 2.05) is 61.5 Å². The minimum absolute atomic E-state index is 0.0827. The third kappa shape index (κ3) is 6.50. The van der Waals surface area contributed by atoms with E-state index in [0.29, 0.717) is 28.6 Å². The summed E-state index contributed by atoms with van der Waals surface area (Å²) in [6.45, 7) is 2.54. The molecule has 0 saturated carbocycles. The van der Waals surface area contributed by atoms with Crippen molar-refractivity contribution in [3.05, 3.63) is 101 Å². The van der Waals surface area contributed by atoms with Gasteiger partial charge in [0.2, 0.25) is 5.95 Å². The van der Waals surface area contributed by atoms with Gasteiger partial charge in [-0.2, -0.15) is 4.98 Å². The second-order valence-electron chi connectivity index (χ2n) is 8.22. The van der Waals surface area contributed by atoms with Gasteiger partial charge >= 0.3 is 6.03 Å². The minimum Gasteiger partial charge on any atom is -0.383 e. The number of anilines is 3. The number of amides is 2. The topological polar surface area (TPSA) is 128 Å². The molecule has 9 heteroatoms. The normalized spacial score (nSPS) is 11.6. The number of hydrogen-bond acceptors (Lipinski definition) is 6. The second-order valence-corrected chi connectivity index (χ2v) is 8.65. The average Bonchev–Trinajstić information content (AvgIpc) is 2.85. The van der Waals surface area contributed by atoms with E-state index in [1.165, 1.54) is 0 Å². The largest absolute Gasteiger partial charge is 0.383 e. The van der Waals surface area contributed by atoms with Gasteiger partial charge in [0.15, 0.2) is 0 Å². The molecule has 6 N–H and O–H groups in total. The van der Waals surface area contributed by atoms with Crippen LogP contribution in [0.25, 0.3) is 11.1 Å². The second kappa shape index (κ2) is 11.5. The first kappa shape index (κ1) is 25.0. The van der Waals surface area contributed by atoms with Gasteiger partial charge in [0.25, 0.3) is 0 Å². The fourth-order valence-corrected chi connectivity index (χ4v) is 3.85. The van der Waals surface area contributed by atoms with Crippen LogP contribution in [0.1, 0.15) is 29.8 Å². The number of carbonyl (C=O) groups excluding carboxylic acids is 1. The minimum atomic E-state index is -0.324. The molecule has 0 radical (unpaired) electrons. The number of aromatic nitrogens is 2. The van der Waals surface area contributed by atoms with E-state index in [0.717, 1.165) is 16.7 Å². The average molecular weight is 503 g/mol. The molecule has 1 aromatic heterocycles. The lowest BCUT2D eigenvalue weighted by Crippen LogP contribution is -2.31. The molecule has 4 aromatic rings. The van der Waals surface area contributed by atoms with Crippen molar-refractivity contribution < 1.29 is 9.53 Å². The van der Waals surface area contributed by atoms with Crippen molar-refractivity contribution in [3.8, 4) is 11.1 Å². The first-order valence-electron chi connectivity index (χ1n) is 11.4. The van der Waals surface area contributed by atoms with Gasteiger partial charge in [0.05, 0.1) is 24.9 Å². The molecule has 0 aliphatic heterocycles. The molecule has 1 unspecified atom stereocenters. The van der Waals surface area contributed by atoms with Crippen LogP contribution >= 0.6 is 11.6 Å². The summed E-state index contributed by atoms with van der Waals surface area (Å²) in [5.41, 5.74) is 16.7. The lowest BCUT2D eigenvalue weighted by molar-refractivity contribution is 0.105. The summed E-state index contributed by atoms with van der Waals surface area (Å²) < 4.78 is 5.86. The number of urea groups is 1. The molecule has 3 aromatic carbocycles. The standard InChI is InChI=1S/C27H27ClN6O2/c1-17(19-7-11-21(28)12-8-19)31-27(35)32-22-13-9-20(10-14-22)24-23(33-26(30)34-25(24)29)16-36-15-18-5-3-2-4-6-18/h2-14,17H,15-16H2,1H3,(H2,31,32,35)(H4,29,30,33,34). The summed E-state index contributed by atoms with van der Waals surface area (Å²) in [7, 11) is 0. The summed E-state index contributed by atoms with van der Waals surface area (Å²) in [5.74, 6) is 0.343. The van der Waals surface area contributed by atoms with Crippen LogP contribution in [0.4, 0.5) is 22.2 Å². The number of nitrogens with zero attached hydrogens (tertiary/aromatic N) is 2. The highest BCUT2D eigenvalue weighted by Crippen LogP contribution is 2.30. The van der Waals surface area contributed by atoms with Gasteiger partial charge in [-0.05, 0) is 47.9 Å². The van der Waals surface area contributed by atoms with Crippen LogP contribution in [0.5, 0.6) is 0 Å². The zero-order valence-corrected chi connectivity index (χ0v) is 20.5. The zero-order valence-electron chi connectivity index (χ0n) is 19.7. The molecule has 0 fully saturated rings. The molecule has 4 rings (SSSR count). The van der Waals surface area contributed by atoms with Crippen LogP contribution in [0.15, 0.2) is 78.9 Å². The van der Waals surface area contributed by atoms with Gasteiger partial charge in [0.1, 0.15) is 5.82 Å². The van der Waals surface area contributed by atoms with E-state index in [9.17, 15) is 4.79 Å². The molecular formula is C27H27ClN6O2. The fraction of sp³-hybridized carbons (Fsp3) is 0.148. The van der Waals surface area contributed by atoms with E-state index >= 15 is 0 Å². The van der Waals surface area contributed by atoms with Crippen molar-refractivity contribution in [3.63, 3.8) is 0 Å². The van der Waals surface area contributed by atoms with Crippen LogP contribution in [-0.4, -0.2) is 16.0 Å². The molecular weight excluding hydrogens is 476 g/mol. The number of hydrogen-bond donors (Lipinski definition) is 4. The highest BCUT2D eigenvalue weighted by molar-refractivity contribution is 6.30. The molecule has 1 heterocycles. The Labute approximate surface area is 214 Å². The van der Waals surface area contributed by atoms with Gasteiger partial charge in [-0.1, -0.05) is 66.2 Å². The number of carbonyl (C=O) groups is 1. The summed E-state index contributed by atoms with van der Waals surface area (Å²) in [5, 5.41) is 6.39. The predicted molar refractivity (Wildman–Crippen MR) is 143 cm³/mol. The van der Waals surface area contributed by atoms with Gasteiger partial charge in [-0.3, -0.25) is 0 Å². The molecule has 0 saturated heterocycles. The number of benzene rings is 3. The molecule has 8 nitrogen and oxygen atoms in total.